The van der Waals surface area contributed by atoms with Gasteiger partial charge in [0.2, 0.25) is 5.82 Å². The van der Waals surface area contributed by atoms with Crippen LogP contribution in [-0.2, 0) is 4.74 Å². The minimum atomic E-state index is -0.981. The van der Waals surface area contributed by atoms with Crippen molar-refractivity contribution in [3.05, 3.63) is 32.9 Å². The number of rotatable bonds is 1. The third kappa shape index (κ3) is 1.48. The molecule has 2 heterocycles. The first kappa shape index (κ1) is 9.14. The van der Waals surface area contributed by atoms with Gasteiger partial charge in [0.1, 0.15) is 0 Å². The molecule has 76 valence electrons. The van der Waals surface area contributed by atoms with Crippen molar-refractivity contribution in [3.63, 3.8) is 0 Å². The lowest BCUT2D eigenvalue weighted by molar-refractivity contribution is 0.185. The van der Waals surface area contributed by atoms with Gasteiger partial charge in [0.05, 0.1) is 18.8 Å². The molecule has 1 atom stereocenters. The fourth-order valence-electron chi connectivity index (χ4n) is 1.47. The third-order valence-corrected chi connectivity index (χ3v) is 2.22. The van der Waals surface area contributed by atoms with Gasteiger partial charge in [-0.3, -0.25) is 14.3 Å². The number of nitrogens with zero attached hydrogens (tertiary/aromatic N) is 1. The zero-order valence-corrected chi connectivity index (χ0v) is 7.33. The summed E-state index contributed by atoms with van der Waals surface area (Å²) in [5, 5.41) is 0. The Bertz CT molecular complexity index is 445. The van der Waals surface area contributed by atoms with Crippen LogP contribution >= 0.6 is 0 Å². The lowest BCUT2D eigenvalue weighted by Crippen LogP contribution is -2.33. The van der Waals surface area contributed by atoms with Crippen LogP contribution in [0.5, 0.6) is 0 Å². The SMILES string of the molecule is O=c1[nH]c(=O)n(C2CCOC2)cc1F. The van der Waals surface area contributed by atoms with Crippen LogP contribution in [0.4, 0.5) is 4.39 Å². The van der Waals surface area contributed by atoms with Gasteiger partial charge in [-0.05, 0) is 6.42 Å². The molecule has 1 aromatic heterocycles. The van der Waals surface area contributed by atoms with E-state index in [1.807, 2.05) is 4.98 Å². The van der Waals surface area contributed by atoms with Crippen LogP contribution in [0, 0.1) is 5.82 Å². The summed E-state index contributed by atoms with van der Waals surface area (Å²) in [4.78, 5) is 23.9. The van der Waals surface area contributed by atoms with Crippen molar-refractivity contribution in [2.24, 2.45) is 0 Å². The first-order valence-corrected chi connectivity index (χ1v) is 4.27. The molecule has 0 aromatic carbocycles. The van der Waals surface area contributed by atoms with Crippen LogP contribution in [-0.4, -0.2) is 22.8 Å². The molecule has 0 bridgehead atoms. The molecule has 0 radical (unpaired) electrons. The first-order valence-electron chi connectivity index (χ1n) is 4.27. The summed E-state index contributed by atoms with van der Waals surface area (Å²) < 4.78 is 19.1. The minimum absolute atomic E-state index is 0.172. The van der Waals surface area contributed by atoms with Gasteiger partial charge in [-0.1, -0.05) is 0 Å². The maximum atomic E-state index is 12.9. The van der Waals surface area contributed by atoms with Crippen molar-refractivity contribution in [3.8, 4) is 0 Å². The van der Waals surface area contributed by atoms with Crippen molar-refractivity contribution < 1.29 is 9.13 Å². The predicted molar refractivity (Wildman–Crippen MR) is 45.8 cm³/mol. The van der Waals surface area contributed by atoms with Gasteiger partial charge < -0.3 is 4.74 Å². The summed E-state index contributed by atoms with van der Waals surface area (Å²) >= 11 is 0. The van der Waals surface area contributed by atoms with E-state index in [0.29, 0.717) is 19.6 Å². The Morgan fingerprint density at radius 2 is 2.36 bits per heavy atom. The van der Waals surface area contributed by atoms with Crippen molar-refractivity contribution in [2.45, 2.75) is 12.5 Å². The summed E-state index contributed by atoms with van der Waals surface area (Å²) in [7, 11) is 0. The van der Waals surface area contributed by atoms with E-state index in [9.17, 15) is 14.0 Å². The number of hydrogen-bond acceptors (Lipinski definition) is 3. The van der Waals surface area contributed by atoms with E-state index in [4.69, 9.17) is 4.74 Å². The number of nitrogens with one attached hydrogen (secondary N) is 1. The molecule has 1 aliphatic heterocycles. The second-order valence-electron chi connectivity index (χ2n) is 3.16. The topological polar surface area (TPSA) is 64.1 Å². The number of ether oxygens (including phenoxy) is 1. The highest BCUT2D eigenvalue weighted by Crippen LogP contribution is 2.15. The maximum absolute atomic E-state index is 12.9. The fraction of sp³-hybridized carbons (Fsp3) is 0.500. The molecule has 2 rings (SSSR count). The molecule has 5 nitrogen and oxygen atoms in total. The molecule has 6 heteroatoms. The molecule has 0 amide bonds. The highest BCUT2D eigenvalue weighted by Gasteiger charge is 2.19. The number of aromatic nitrogens is 2. The smallest absolute Gasteiger partial charge is 0.328 e. The van der Waals surface area contributed by atoms with Crippen molar-refractivity contribution in [1.29, 1.82) is 0 Å². The van der Waals surface area contributed by atoms with Crippen LogP contribution in [0.15, 0.2) is 15.8 Å². The van der Waals surface area contributed by atoms with E-state index in [1.165, 1.54) is 4.57 Å². The van der Waals surface area contributed by atoms with Gasteiger partial charge >= 0.3 is 5.69 Å². The van der Waals surface area contributed by atoms with Crippen molar-refractivity contribution in [1.82, 2.24) is 9.55 Å². The maximum Gasteiger partial charge on any atom is 0.328 e. The molecule has 14 heavy (non-hydrogen) atoms. The molecule has 1 unspecified atom stereocenters. The highest BCUT2D eigenvalue weighted by atomic mass is 19.1. The van der Waals surface area contributed by atoms with Gasteiger partial charge in [0.25, 0.3) is 5.56 Å². The van der Waals surface area contributed by atoms with Crippen LogP contribution < -0.4 is 11.2 Å². The Morgan fingerprint density at radius 1 is 1.57 bits per heavy atom. The summed E-state index contributed by atoms with van der Waals surface area (Å²) in [6.45, 7) is 0.934. The second kappa shape index (κ2) is 3.38. The quantitative estimate of drug-likeness (QED) is 0.673. The van der Waals surface area contributed by atoms with E-state index in [0.717, 1.165) is 6.20 Å². The Hall–Kier alpha value is -1.43. The number of H-pyrrole nitrogens is 1. The molecular weight excluding hydrogens is 191 g/mol. The zero-order valence-electron chi connectivity index (χ0n) is 7.33. The van der Waals surface area contributed by atoms with E-state index in [-0.39, 0.29) is 6.04 Å². The van der Waals surface area contributed by atoms with Gasteiger partial charge in [0.15, 0.2) is 0 Å². The molecule has 1 N–H and O–H groups in total. The number of hydrogen-bond donors (Lipinski definition) is 1. The summed E-state index contributed by atoms with van der Waals surface area (Å²) in [6.07, 6.45) is 1.59. The zero-order chi connectivity index (χ0) is 10.1. The average molecular weight is 200 g/mol. The van der Waals surface area contributed by atoms with E-state index in [1.54, 1.807) is 0 Å². The minimum Gasteiger partial charge on any atom is -0.379 e. The Morgan fingerprint density at radius 3 is 3.00 bits per heavy atom. The van der Waals surface area contributed by atoms with Crippen LogP contribution in [0.25, 0.3) is 0 Å². The monoisotopic (exact) mass is 200 g/mol. The first-order chi connectivity index (χ1) is 6.68. The van der Waals surface area contributed by atoms with Crippen LogP contribution in [0.2, 0.25) is 0 Å². The average Bonchev–Trinajstić information content (AvgIpc) is 2.64. The molecule has 0 aliphatic carbocycles. The fourth-order valence-corrected chi connectivity index (χ4v) is 1.47. The van der Waals surface area contributed by atoms with Crippen molar-refractivity contribution >= 4 is 0 Å². The lowest BCUT2D eigenvalue weighted by Gasteiger charge is -2.10. The molecule has 1 saturated heterocycles. The van der Waals surface area contributed by atoms with E-state index < -0.39 is 17.1 Å². The molecule has 1 aliphatic rings. The summed E-state index contributed by atoms with van der Waals surface area (Å²) in [5.74, 6) is -0.948. The molecule has 1 fully saturated rings. The number of aromatic amines is 1. The number of halogens is 1. The molecule has 0 spiro atoms. The standard InChI is InChI=1S/C8H9FN2O3/c9-6-3-11(5-1-2-14-4-5)8(13)10-7(6)12/h3,5H,1-2,4H2,(H,10,12,13). The van der Waals surface area contributed by atoms with Gasteiger partial charge in [-0.15, -0.1) is 0 Å². The summed E-state index contributed by atoms with van der Waals surface area (Å²) in [6, 6.07) is -0.172. The van der Waals surface area contributed by atoms with Gasteiger partial charge in [-0.2, -0.15) is 4.39 Å². The third-order valence-electron chi connectivity index (χ3n) is 2.22. The second-order valence-corrected chi connectivity index (χ2v) is 3.16. The summed E-state index contributed by atoms with van der Waals surface area (Å²) in [5.41, 5.74) is -1.57. The molecule has 0 saturated carbocycles. The predicted octanol–water partition coefficient (Wildman–Crippen LogP) is -0.363. The Kier molecular flexibility index (Phi) is 2.20. The normalized spacial score (nSPS) is 21.4. The van der Waals surface area contributed by atoms with E-state index >= 15 is 0 Å². The Balaban J connectivity index is 2.47. The largest absolute Gasteiger partial charge is 0.379 e. The van der Waals surface area contributed by atoms with Crippen LogP contribution in [0.3, 0.4) is 0 Å². The molecular formula is C8H9FN2O3. The van der Waals surface area contributed by atoms with Gasteiger partial charge in [0, 0.05) is 6.61 Å². The van der Waals surface area contributed by atoms with Gasteiger partial charge in [-0.25, -0.2) is 4.79 Å². The Labute approximate surface area is 78.1 Å². The van der Waals surface area contributed by atoms with Crippen molar-refractivity contribution in [2.75, 3.05) is 13.2 Å². The molecule has 1 aromatic rings. The highest BCUT2D eigenvalue weighted by molar-refractivity contribution is 4.90. The lowest BCUT2D eigenvalue weighted by atomic mass is 10.2. The van der Waals surface area contributed by atoms with E-state index in [2.05, 4.69) is 0 Å². The van der Waals surface area contributed by atoms with Crippen LogP contribution in [0.1, 0.15) is 12.5 Å².